The van der Waals surface area contributed by atoms with E-state index in [4.69, 9.17) is 0 Å². The lowest BCUT2D eigenvalue weighted by molar-refractivity contribution is 0.0925. The van der Waals surface area contributed by atoms with Crippen molar-refractivity contribution in [1.82, 2.24) is 10.2 Å². The molecular weight excluding hydrogens is 376 g/mol. The van der Waals surface area contributed by atoms with E-state index in [1.807, 2.05) is 0 Å². The Balaban J connectivity index is 1.50. The molecule has 3 aromatic rings. The first-order valence-electron chi connectivity index (χ1n) is 8.80. The zero-order valence-corrected chi connectivity index (χ0v) is 15.8. The monoisotopic (exact) mass is 392 g/mol. The summed E-state index contributed by atoms with van der Waals surface area (Å²) in [4.78, 5) is 38.6. The summed E-state index contributed by atoms with van der Waals surface area (Å²) in [6.07, 6.45) is 1.78. The number of carbonyl (C=O) groups is 3. The molecule has 0 spiro atoms. The summed E-state index contributed by atoms with van der Waals surface area (Å²) in [5.41, 5.74) is 1.58. The van der Waals surface area contributed by atoms with Gasteiger partial charge in [0.2, 0.25) is 5.13 Å². The number of fused-ring (bicyclic) bond motifs is 1. The van der Waals surface area contributed by atoms with Gasteiger partial charge in [-0.2, -0.15) is 0 Å². The van der Waals surface area contributed by atoms with Crippen molar-refractivity contribution in [1.29, 1.82) is 0 Å². The third-order valence-corrected chi connectivity index (χ3v) is 5.23. The van der Waals surface area contributed by atoms with Gasteiger partial charge in [0.05, 0.1) is 16.8 Å². The van der Waals surface area contributed by atoms with Gasteiger partial charge >= 0.3 is 0 Å². The van der Waals surface area contributed by atoms with E-state index in [9.17, 15) is 14.4 Å². The highest BCUT2D eigenvalue weighted by atomic mass is 32.1. The number of rotatable bonds is 5. The number of hydrogen-bond acceptors (Lipinski definition) is 6. The number of aromatic nitrogens is 2. The second-order valence-electron chi connectivity index (χ2n) is 6.24. The molecule has 0 radical (unpaired) electrons. The second-order valence-corrected chi connectivity index (χ2v) is 7.31. The molecule has 1 aliphatic rings. The number of amides is 3. The summed E-state index contributed by atoms with van der Waals surface area (Å²) in [5, 5.41) is 12.0. The standard InChI is InChI=1S/C20H16N4O3S/c1-2-5-16-22-23-20(28-16)21-17(25)12-8-10-13(11-9-12)24-18(26)14-6-3-4-7-15(14)19(24)27/h3-4,6-11H,2,5H2,1H3,(H,21,23,25). The van der Waals surface area contributed by atoms with Crippen LogP contribution >= 0.6 is 11.3 Å². The summed E-state index contributed by atoms with van der Waals surface area (Å²) < 4.78 is 0. The van der Waals surface area contributed by atoms with E-state index < -0.39 is 0 Å². The van der Waals surface area contributed by atoms with Crippen LogP contribution in [0.3, 0.4) is 0 Å². The van der Waals surface area contributed by atoms with Crippen molar-refractivity contribution in [3.05, 3.63) is 70.2 Å². The minimum atomic E-state index is -0.366. The van der Waals surface area contributed by atoms with Crippen LogP contribution in [0.25, 0.3) is 0 Å². The number of hydrogen-bond donors (Lipinski definition) is 1. The molecule has 0 unspecified atom stereocenters. The van der Waals surface area contributed by atoms with Gasteiger partial charge in [0.25, 0.3) is 17.7 Å². The predicted octanol–water partition coefficient (Wildman–Crippen LogP) is 3.54. The van der Waals surface area contributed by atoms with Crippen LogP contribution in [-0.2, 0) is 6.42 Å². The smallest absolute Gasteiger partial charge is 0.266 e. The molecular formula is C20H16N4O3S. The van der Waals surface area contributed by atoms with Gasteiger partial charge in [0.1, 0.15) is 5.01 Å². The fourth-order valence-corrected chi connectivity index (χ4v) is 3.81. The number of carbonyl (C=O) groups excluding carboxylic acids is 3. The van der Waals surface area contributed by atoms with Crippen LogP contribution in [0.4, 0.5) is 10.8 Å². The molecule has 28 heavy (non-hydrogen) atoms. The normalized spacial score (nSPS) is 13.0. The van der Waals surface area contributed by atoms with E-state index in [0.29, 0.717) is 27.5 Å². The van der Waals surface area contributed by atoms with Gasteiger partial charge in [-0.05, 0) is 42.8 Å². The molecule has 0 atom stereocenters. The van der Waals surface area contributed by atoms with E-state index in [-0.39, 0.29) is 17.7 Å². The summed E-state index contributed by atoms with van der Waals surface area (Å²) in [6, 6.07) is 13.0. The molecule has 3 amide bonds. The first-order valence-corrected chi connectivity index (χ1v) is 9.61. The molecule has 0 saturated carbocycles. The fourth-order valence-electron chi connectivity index (χ4n) is 2.97. The Morgan fingerprint density at radius 1 is 1.00 bits per heavy atom. The van der Waals surface area contributed by atoms with Gasteiger partial charge in [-0.25, -0.2) is 4.90 Å². The van der Waals surface area contributed by atoms with Gasteiger partial charge in [-0.3, -0.25) is 19.7 Å². The molecule has 140 valence electrons. The highest BCUT2D eigenvalue weighted by molar-refractivity contribution is 7.15. The largest absolute Gasteiger partial charge is 0.296 e. The molecule has 8 heteroatoms. The van der Waals surface area contributed by atoms with Gasteiger partial charge in [0, 0.05) is 12.0 Å². The first-order chi connectivity index (χ1) is 13.6. The molecule has 2 aromatic carbocycles. The van der Waals surface area contributed by atoms with Crippen LogP contribution < -0.4 is 10.2 Å². The van der Waals surface area contributed by atoms with Crippen molar-refractivity contribution in [2.24, 2.45) is 0 Å². The predicted molar refractivity (Wildman–Crippen MR) is 106 cm³/mol. The van der Waals surface area contributed by atoms with Crippen molar-refractivity contribution in [2.75, 3.05) is 10.2 Å². The molecule has 0 fully saturated rings. The zero-order chi connectivity index (χ0) is 19.7. The second kappa shape index (κ2) is 7.32. The molecule has 0 aliphatic carbocycles. The van der Waals surface area contributed by atoms with Crippen molar-refractivity contribution in [3.63, 3.8) is 0 Å². The van der Waals surface area contributed by atoms with Crippen molar-refractivity contribution in [3.8, 4) is 0 Å². The Bertz CT molecular complexity index is 1040. The number of benzene rings is 2. The van der Waals surface area contributed by atoms with Crippen molar-refractivity contribution in [2.45, 2.75) is 19.8 Å². The Kier molecular flexibility index (Phi) is 4.70. The summed E-state index contributed by atoms with van der Waals surface area (Å²) in [7, 11) is 0. The highest BCUT2D eigenvalue weighted by Gasteiger charge is 2.36. The third kappa shape index (κ3) is 3.18. The maximum atomic E-state index is 12.5. The fraction of sp³-hybridized carbons (Fsp3) is 0.150. The van der Waals surface area contributed by atoms with E-state index in [1.165, 1.54) is 11.3 Å². The number of imide groups is 1. The maximum absolute atomic E-state index is 12.5. The molecule has 1 aromatic heterocycles. The van der Waals surface area contributed by atoms with Gasteiger partial charge < -0.3 is 0 Å². The number of nitrogens with one attached hydrogen (secondary N) is 1. The highest BCUT2D eigenvalue weighted by Crippen LogP contribution is 2.28. The van der Waals surface area contributed by atoms with E-state index in [2.05, 4.69) is 22.4 Å². The molecule has 2 heterocycles. The van der Waals surface area contributed by atoms with Crippen LogP contribution in [0.2, 0.25) is 0 Å². The SMILES string of the molecule is CCCc1nnc(NC(=O)c2ccc(N3C(=O)c4ccccc4C3=O)cc2)s1. The van der Waals surface area contributed by atoms with E-state index >= 15 is 0 Å². The minimum Gasteiger partial charge on any atom is -0.296 e. The van der Waals surface area contributed by atoms with E-state index in [1.54, 1.807) is 48.5 Å². The Morgan fingerprint density at radius 2 is 1.64 bits per heavy atom. The van der Waals surface area contributed by atoms with Crippen LogP contribution in [-0.4, -0.2) is 27.9 Å². The Morgan fingerprint density at radius 3 is 2.25 bits per heavy atom. The van der Waals surface area contributed by atoms with Gasteiger partial charge in [-0.15, -0.1) is 10.2 Å². The van der Waals surface area contributed by atoms with Crippen LogP contribution in [0.15, 0.2) is 48.5 Å². The third-order valence-electron chi connectivity index (χ3n) is 4.33. The topological polar surface area (TPSA) is 92.3 Å². The number of nitrogens with zero attached hydrogens (tertiary/aromatic N) is 3. The molecule has 0 saturated heterocycles. The average Bonchev–Trinajstić information content (AvgIpc) is 3.25. The quantitative estimate of drug-likeness (QED) is 0.671. The average molecular weight is 392 g/mol. The summed E-state index contributed by atoms with van der Waals surface area (Å²) in [6.45, 7) is 2.05. The van der Waals surface area contributed by atoms with Crippen LogP contribution in [0.5, 0.6) is 0 Å². The Labute approximate surface area is 165 Å². The van der Waals surface area contributed by atoms with E-state index in [0.717, 1.165) is 22.7 Å². The summed E-state index contributed by atoms with van der Waals surface area (Å²) >= 11 is 1.35. The maximum Gasteiger partial charge on any atom is 0.266 e. The lowest BCUT2D eigenvalue weighted by Gasteiger charge is -2.14. The van der Waals surface area contributed by atoms with Crippen molar-refractivity contribution < 1.29 is 14.4 Å². The van der Waals surface area contributed by atoms with Crippen molar-refractivity contribution >= 4 is 39.9 Å². The van der Waals surface area contributed by atoms with Gasteiger partial charge in [-0.1, -0.05) is 30.4 Å². The lowest BCUT2D eigenvalue weighted by Crippen LogP contribution is -2.29. The molecule has 1 N–H and O–H groups in total. The minimum absolute atomic E-state index is 0.326. The molecule has 0 bridgehead atoms. The molecule has 1 aliphatic heterocycles. The van der Waals surface area contributed by atoms with Gasteiger partial charge in [0.15, 0.2) is 0 Å². The molecule has 7 nitrogen and oxygen atoms in total. The number of anilines is 2. The Hall–Kier alpha value is -3.39. The molecule has 4 rings (SSSR count). The first kappa shape index (κ1) is 18.0. The van der Waals surface area contributed by atoms with Crippen LogP contribution in [0.1, 0.15) is 49.4 Å². The zero-order valence-electron chi connectivity index (χ0n) is 15.0. The lowest BCUT2D eigenvalue weighted by atomic mass is 10.1. The number of aryl methyl sites for hydroxylation is 1. The van der Waals surface area contributed by atoms with Crippen LogP contribution in [0, 0.1) is 0 Å². The summed E-state index contributed by atoms with van der Waals surface area (Å²) in [5.74, 6) is -1.06.